The van der Waals surface area contributed by atoms with E-state index < -0.39 is 0 Å². The maximum absolute atomic E-state index is 12.8. The Hall–Kier alpha value is -3.16. The first-order valence-electron chi connectivity index (χ1n) is 11.2. The Balaban J connectivity index is 1.48. The lowest BCUT2D eigenvalue weighted by Crippen LogP contribution is -2.25. The summed E-state index contributed by atoms with van der Waals surface area (Å²) in [6.07, 6.45) is 11.5. The molecule has 1 amide bonds. The average Bonchev–Trinajstić information content (AvgIpc) is 3.44. The van der Waals surface area contributed by atoms with Crippen LogP contribution < -0.4 is 10.9 Å². The van der Waals surface area contributed by atoms with Gasteiger partial charge < -0.3 is 9.73 Å². The Bertz CT molecular complexity index is 1120. The Morgan fingerprint density at radius 3 is 2.84 bits per heavy atom. The maximum atomic E-state index is 12.8. The molecule has 162 valence electrons. The molecular formula is C23H27N5O3. The third-order valence-corrected chi connectivity index (χ3v) is 6.33. The molecule has 1 saturated carbocycles. The molecule has 8 heteroatoms. The smallest absolute Gasteiger partial charge is 0.255 e. The summed E-state index contributed by atoms with van der Waals surface area (Å²) in [6, 6.07) is 5.36. The van der Waals surface area contributed by atoms with E-state index in [9.17, 15) is 9.59 Å². The highest BCUT2D eigenvalue weighted by atomic mass is 16.3. The van der Waals surface area contributed by atoms with Gasteiger partial charge in [0.1, 0.15) is 11.5 Å². The number of anilines is 1. The fourth-order valence-corrected chi connectivity index (χ4v) is 4.71. The van der Waals surface area contributed by atoms with Crippen LogP contribution in [0.3, 0.4) is 0 Å². The lowest BCUT2D eigenvalue weighted by molar-refractivity contribution is -0.117. The third kappa shape index (κ3) is 4.19. The van der Waals surface area contributed by atoms with E-state index in [4.69, 9.17) is 4.42 Å². The first-order valence-corrected chi connectivity index (χ1v) is 11.2. The van der Waals surface area contributed by atoms with Crippen LogP contribution in [0.5, 0.6) is 0 Å². The highest BCUT2D eigenvalue weighted by Crippen LogP contribution is 2.28. The number of H-pyrrole nitrogens is 1. The predicted molar refractivity (Wildman–Crippen MR) is 116 cm³/mol. The summed E-state index contributed by atoms with van der Waals surface area (Å²) in [4.78, 5) is 33.0. The first-order chi connectivity index (χ1) is 15.2. The SMILES string of the molecule is O=C(CC1CCCCC1)Nc1cc(-c2ccco2)nn1-c1nc2c(c(=O)[nH]1)CCCC2. The molecule has 0 saturated heterocycles. The fourth-order valence-electron chi connectivity index (χ4n) is 4.71. The van der Waals surface area contributed by atoms with E-state index in [1.807, 2.05) is 6.07 Å². The van der Waals surface area contributed by atoms with Crippen LogP contribution in [0.25, 0.3) is 17.4 Å². The zero-order valence-electron chi connectivity index (χ0n) is 17.5. The summed E-state index contributed by atoms with van der Waals surface area (Å²) >= 11 is 0. The maximum Gasteiger partial charge on any atom is 0.255 e. The largest absolute Gasteiger partial charge is 0.463 e. The number of amides is 1. The molecule has 1 fully saturated rings. The molecular weight excluding hydrogens is 394 g/mol. The monoisotopic (exact) mass is 421 g/mol. The molecule has 5 rings (SSSR count). The van der Waals surface area contributed by atoms with E-state index in [-0.39, 0.29) is 11.5 Å². The second-order valence-corrected chi connectivity index (χ2v) is 8.58. The molecule has 0 aliphatic heterocycles. The van der Waals surface area contributed by atoms with E-state index >= 15 is 0 Å². The highest BCUT2D eigenvalue weighted by molar-refractivity contribution is 5.90. The van der Waals surface area contributed by atoms with Crippen molar-refractivity contribution in [2.75, 3.05) is 5.32 Å². The van der Waals surface area contributed by atoms with Crippen LogP contribution in [0.15, 0.2) is 33.7 Å². The normalized spacial score (nSPS) is 16.8. The van der Waals surface area contributed by atoms with Crippen molar-refractivity contribution >= 4 is 11.7 Å². The average molecular weight is 422 g/mol. The van der Waals surface area contributed by atoms with E-state index in [2.05, 4.69) is 20.4 Å². The van der Waals surface area contributed by atoms with E-state index in [0.717, 1.165) is 49.8 Å². The van der Waals surface area contributed by atoms with Crippen LogP contribution in [0.4, 0.5) is 5.82 Å². The van der Waals surface area contributed by atoms with Crippen molar-refractivity contribution in [3.8, 4) is 17.4 Å². The second kappa shape index (κ2) is 8.53. The zero-order chi connectivity index (χ0) is 21.2. The van der Waals surface area contributed by atoms with Crippen molar-refractivity contribution in [2.45, 2.75) is 64.2 Å². The van der Waals surface area contributed by atoms with Gasteiger partial charge in [0.05, 0.1) is 12.0 Å². The van der Waals surface area contributed by atoms with Gasteiger partial charge in [-0.2, -0.15) is 9.78 Å². The Kier molecular flexibility index (Phi) is 5.44. The number of nitrogens with zero attached hydrogens (tertiary/aromatic N) is 3. The van der Waals surface area contributed by atoms with E-state index in [0.29, 0.717) is 35.6 Å². The number of furan rings is 1. The summed E-state index contributed by atoms with van der Waals surface area (Å²) in [7, 11) is 0. The minimum Gasteiger partial charge on any atom is -0.463 e. The van der Waals surface area contributed by atoms with Crippen molar-refractivity contribution in [1.82, 2.24) is 19.7 Å². The molecule has 0 spiro atoms. The molecule has 0 aromatic carbocycles. The summed E-state index contributed by atoms with van der Waals surface area (Å²) in [6.45, 7) is 0. The summed E-state index contributed by atoms with van der Waals surface area (Å²) in [5, 5.41) is 7.58. The first kappa shape index (κ1) is 19.8. The molecule has 0 atom stereocenters. The Labute approximate surface area is 180 Å². The number of hydrogen-bond acceptors (Lipinski definition) is 5. The van der Waals surface area contributed by atoms with Crippen LogP contribution in [0, 0.1) is 5.92 Å². The minimum atomic E-state index is -0.130. The van der Waals surface area contributed by atoms with Gasteiger partial charge in [0.25, 0.3) is 5.56 Å². The third-order valence-electron chi connectivity index (χ3n) is 6.33. The molecule has 3 heterocycles. The quantitative estimate of drug-likeness (QED) is 0.648. The van der Waals surface area contributed by atoms with E-state index in [1.54, 1.807) is 18.4 Å². The molecule has 0 radical (unpaired) electrons. The number of aromatic nitrogens is 4. The number of aromatic amines is 1. The van der Waals surface area contributed by atoms with Gasteiger partial charge in [-0.05, 0) is 56.6 Å². The predicted octanol–water partition coefficient (Wildman–Crippen LogP) is 4.00. The summed E-state index contributed by atoms with van der Waals surface area (Å²) in [5.41, 5.74) is 2.02. The van der Waals surface area contributed by atoms with Gasteiger partial charge in [-0.1, -0.05) is 19.3 Å². The van der Waals surface area contributed by atoms with Gasteiger partial charge in [-0.15, -0.1) is 0 Å². The minimum absolute atomic E-state index is 0.0423. The molecule has 2 aliphatic carbocycles. The number of carbonyl (C=O) groups is 1. The van der Waals surface area contributed by atoms with Crippen molar-refractivity contribution in [2.24, 2.45) is 5.92 Å². The lowest BCUT2D eigenvalue weighted by Gasteiger charge is -2.21. The van der Waals surface area contributed by atoms with Crippen molar-refractivity contribution < 1.29 is 9.21 Å². The molecule has 31 heavy (non-hydrogen) atoms. The zero-order valence-corrected chi connectivity index (χ0v) is 17.5. The molecule has 3 aromatic heterocycles. The summed E-state index contributed by atoms with van der Waals surface area (Å²) < 4.78 is 6.99. The number of fused-ring (bicyclic) bond motifs is 1. The molecule has 0 unspecified atom stereocenters. The van der Waals surface area contributed by atoms with Crippen LogP contribution >= 0.6 is 0 Å². The number of aryl methyl sites for hydroxylation is 1. The van der Waals surface area contributed by atoms with Gasteiger partial charge in [-0.3, -0.25) is 14.6 Å². The Morgan fingerprint density at radius 2 is 2.03 bits per heavy atom. The second-order valence-electron chi connectivity index (χ2n) is 8.58. The Morgan fingerprint density at radius 1 is 1.19 bits per heavy atom. The summed E-state index contributed by atoms with van der Waals surface area (Å²) in [5.74, 6) is 1.76. The number of hydrogen-bond donors (Lipinski definition) is 2. The molecule has 0 bridgehead atoms. The topological polar surface area (TPSA) is 106 Å². The van der Waals surface area contributed by atoms with Gasteiger partial charge in [0, 0.05) is 18.1 Å². The van der Waals surface area contributed by atoms with Crippen molar-refractivity contribution in [1.29, 1.82) is 0 Å². The van der Waals surface area contributed by atoms with Crippen LogP contribution in [-0.2, 0) is 17.6 Å². The van der Waals surface area contributed by atoms with E-state index in [1.165, 1.54) is 23.9 Å². The number of nitrogens with one attached hydrogen (secondary N) is 2. The van der Waals surface area contributed by atoms with Crippen LogP contribution in [0.1, 0.15) is 62.6 Å². The van der Waals surface area contributed by atoms with Gasteiger partial charge in [-0.25, -0.2) is 4.98 Å². The fraction of sp³-hybridized carbons (Fsp3) is 0.478. The molecule has 2 aliphatic rings. The van der Waals surface area contributed by atoms with Gasteiger partial charge in [0.15, 0.2) is 5.76 Å². The van der Waals surface area contributed by atoms with Gasteiger partial charge >= 0.3 is 0 Å². The standard InChI is InChI=1S/C23H27N5O3/c29-21(13-15-7-2-1-3-8-15)25-20-14-18(19-11-6-12-31-19)27-28(20)23-24-17-10-5-4-9-16(17)22(30)26-23/h6,11-12,14-15H,1-5,7-10,13H2,(H,25,29)(H,24,26,30). The van der Waals surface area contributed by atoms with Gasteiger partial charge in [0.2, 0.25) is 11.9 Å². The van der Waals surface area contributed by atoms with Crippen LogP contribution in [0.2, 0.25) is 0 Å². The molecule has 3 aromatic rings. The van der Waals surface area contributed by atoms with Crippen molar-refractivity contribution in [3.63, 3.8) is 0 Å². The molecule has 2 N–H and O–H groups in total. The number of carbonyl (C=O) groups excluding carboxylic acids is 1. The highest BCUT2D eigenvalue weighted by Gasteiger charge is 2.22. The van der Waals surface area contributed by atoms with Crippen molar-refractivity contribution in [3.05, 3.63) is 46.1 Å². The lowest BCUT2D eigenvalue weighted by atomic mass is 9.87. The number of rotatable bonds is 5. The van der Waals surface area contributed by atoms with Crippen LogP contribution in [-0.4, -0.2) is 25.7 Å². The molecule has 8 nitrogen and oxygen atoms in total.